The van der Waals surface area contributed by atoms with Crippen LogP contribution in [0, 0.1) is 0 Å². The molecular weight excluding hydrogens is 500 g/mol. The lowest BCUT2D eigenvalue weighted by Crippen LogP contribution is -2.50. The van der Waals surface area contributed by atoms with Gasteiger partial charge in [0.1, 0.15) is 0 Å². The number of hydrogen-bond donors (Lipinski definition) is 2. The molecule has 0 aliphatic carbocycles. The molecule has 1 saturated heterocycles. The number of guanidine groups is 1. The molecular formula is C18H28Cl2IN5O. The highest BCUT2D eigenvalue weighted by Crippen LogP contribution is 2.25. The summed E-state index contributed by atoms with van der Waals surface area (Å²) in [4.78, 5) is 19.9. The zero-order chi connectivity index (χ0) is 19.1. The van der Waals surface area contributed by atoms with E-state index in [9.17, 15) is 4.79 Å². The van der Waals surface area contributed by atoms with E-state index in [4.69, 9.17) is 23.2 Å². The highest BCUT2D eigenvalue weighted by molar-refractivity contribution is 14.0. The number of carbonyl (C=O) groups is 1. The van der Waals surface area contributed by atoms with Gasteiger partial charge in [-0.2, -0.15) is 0 Å². The van der Waals surface area contributed by atoms with Gasteiger partial charge < -0.3 is 15.5 Å². The minimum Gasteiger partial charge on any atom is -0.355 e. The van der Waals surface area contributed by atoms with Crippen LogP contribution in [0.5, 0.6) is 0 Å². The standard InChI is InChI=1S/C18H27Cl2N5O.HI/c1-13(16-5-4-15(19)12-17(16)20)23-18(21-3)22-6-7-24-8-10-25(11-9-24)14(2)26;/h4-5,12-13H,6-11H2,1-3H3,(H2,21,22,23);1H. The van der Waals surface area contributed by atoms with Crippen LogP contribution in [0.4, 0.5) is 0 Å². The SMILES string of the molecule is CN=C(NCCN1CCN(C(C)=O)CC1)NC(C)c1ccc(Cl)cc1Cl.I. The second kappa shape index (κ2) is 11.9. The molecule has 1 aliphatic rings. The number of nitrogens with one attached hydrogen (secondary N) is 2. The van der Waals surface area contributed by atoms with Crippen molar-refractivity contribution < 1.29 is 4.79 Å². The highest BCUT2D eigenvalue weighted by Gasteiger charge is 2.18. The quantitative estimate of drug-likeness (QED) is 0.351. The summed E-state index contributed by atoms with van der Waals surface area (Å²) in [5, 5.41) is 7.93. The van der Waals surface area contributed by atoms with Gasteiger partial charge in [0.25, 0.3) is 0 Å². The van der Waals surface area contributed by atoms with Crippen molar-refractivity contribution in [3.8, 4) is 0 Å². The van der Waals surface area contributed by atoms with E-state index < -0.39 is 0 Å². The third-order valence-electron chi connectivity index (χ3n) is 4.54. The lowest BCUT2D eigenvalue weighted by Gasteiger charge is -2.34. The number of rotatable bonds is 5. The van der Waals surface area contributed by atoms with Crippen LogP contribution in [0.25, 0.3) is 0 Å². The smallest absolute Gasteiger partial charge is 0.219 e. The summed E-state index contributed by atoms with van der Waals surface area (Å²) in [5.41, 5.74) is 0.972. The maximum atomic E-state index is 11.4. The molecule has 2 rings (SSSR count). The molecule has 1 unspecified atom stereocenters. The minimum absolute atomic E-state index is 0. The fourth-order valence-corrected chi connectivity index (χ4v) is 3.52. The Labute approximate surface area is 188 Å². The fourth-order valence-electron chi connectivity index (χ4n) is 2.95. The third kappa shape index (κ3) is 7.63. The Morgan fingerprint density at radius 2 is 1.93 bits per heavy atom. The van der Waals surface area contributed by atoms with E-state index in [1.54, 1.807) is 20.0 Å². The van der Waals surface area contributed by atoms with Gasteiger partial charge in [0.15, 0.2) is 5.96 Å². The van der Waals surface area contributed by atoms with Crippen molar-refractivity contribution >= 4 is 59.0 Å². The number of aliphatic imine (C=N–C) groups is 1. The molecule has 27 heavy (non-hydrogen) atoms. The predicted molar refractivity (Wildman–Crippen MR) is 123 cm³/mol. The van der Waals surface area contributed by atoms with Crippen LogP contribution in [-0.4, -0.2) is 68.0 Å². The van der Waals surface area contributed by atoms with Gasteiger partial charge in [-0.25, -0.2) is 0 Å². The molecule has 1 fully saturated rings. The molecule has 0 bridgehead atoms. The third-order valence-corrected chi connectivity index (χ3v) is 5.11. The molecule has 1 aromatic rings. The monoisotopic (exact) mass is 527 g/mol. The van der Waals surface area contributed by atoms with Gasteiger partial charge >= 0.3 is 0 Å². The Kier molecular flexibility index (Phi) is 10.7. The van der Waals surface area contributed by atoms with Crippen molar-refractivity contribution in [1.29, 1.82) is 0 Å². The van der Waals surface area contributed by atoms with Gasteiger partial charge in [-0.1, -0.05) is 29.3 Å². The van der Waals surface area contributed by atoms with Crippen molar-refractivity contribution in [3.05, 3.63) is 33.8 Å². The number of carbonyl (C=O) groups excluding carboxylic acids is 1. The molecule has 1 amide bonds. The number of hydrogen-bond acceptors (Lipinski definition) is 3. The molecule has 9 heteroatoms. The van der Waals surface area contributed by atoms with Gasteiger partial charge in [0.05, 0.1) is 6.04 Å². The van der Waals surface area contributed by atoms with E-state index in [1.165, 1.54) is 0 Å². The summed E-state index contributed by atoms with van der Waals surface area (Å²) >= 11 is 12.2. The van der Waals surface area contributed by atoms with Crippen molar-refractivity contribution in [3.63, 3.8) is 0 Å². The number of amides is 1. The van der Waals surface area contributed by atoms with Crippen LogP contribution < -0.4 is 10.6 Å². The van der Waals surface area contributed by atoms with Crippen LogP contribution in [0.2, 0.25) is 10.0 Å². The maximum Gasteiger partial charge on any atom is 0.219 e. The normalized spacial score (nSPS) is 16.5. The summed E-state index contributed by atoms with van der Waals surface area (Å²) in [6, 6.07) is 5.50. The van der Waals surface area contributed by atoms with Gasteiger partial charge in [0.2, 0.25) is 5.91 Å². The molecule has 0 radical (unpaired) electrons. The van der Waals surface area contributed by atoms with Crippen molar-refractivity contribution in [2.45, 2.75) is 19.9 Å². The Bertz CT molecular complexity index is 651. The molecule has 2 N–H and O–H groups in total. The number of piperazine rings is 1. The predicted octanol–water partition coefficient (Wildman–Crippen LogP) is 3.00. The molecule has 152 valence electrons. The molecule has 0 saturated carbocycles. The summed E-state index contributed by atoms with van der Waals surface area (Å²) in [7, 11) is 1.75. The van der Waals surface area contributed by atoms with Crippen LogP contribution >= 0.6 is 47.2 Å². The van der Waals surface area contributed by atoms with Gasteiger partial charge in [0, 0.05) is 63.3 Å². The Hall–Kier alpha value is -0.770. The van der Waals surface area contributed by atoms with E-state index in [1.807, 2.05) is 24.0 Å². The van der Waals surface area contributed by atoms with Crippen LogP contribution in [0.3, 0.4) is 0 Å². The minimum atomic E-state index is 0. The molecule has 0 aromatic heterocycles. The molecule has 1 heterocycles. The van der Waals surface area contributed by atoms with E-state index in [2.05, 4.69) is 20.5 Å². The Morgan fingerprint density at radius 3 is 2.48 bits per heavy atom. The first-order chi connectivity index (χ1) is 12.4. The van der Waals surface area contributed by atoms with E-state index in [-0.39, 0.29) is 35.9 Å². The van der Waals surface area contributed by atoms with E-state index >= 15 is 0 Å². The molecule has 1 aromatic carbocycles. The first-order valence-corrected chi connectivity index (χ1v) is 9.56. The zero-order valence-corrected chi connectivity index (χ0v) is 19.8. The van der Waals surface area contributed by atoms with Crippen LogP contribution in [-0.2, 0) is 4.79 Å². The first-order valence-electron chi connectivity index (χ1n) is 8.80. The average molecular weight is 528 g/mol. The average Bonchev–Trinajstić information content (AvgIpc) is 2.61. The Morgan fingerprint density at radius 1 is 1.26 bits per heavy atom. The zero-order valence-electron chi connectivity index (χ0n) is 16.0. The van der Waals surface area contributed by atoms with Crippen molar-refractivity contribution in [1.82, 2.24) is 20.4 Å². The lowest BCUT2D eigenvalue weighted by atomic mass is 10.1. The molecule has 0 spiro atoms. The number of nitrogens with zero attached hydrogens (tertiary/aromatic N) is 3. The fraction of sp³-hybridized carbons (Fsp3) is 0.556. The first kappa shape index (κ1) is 24.3. The lowest BCUT2D eigenvalue weighted by molar-refractivity contribution is -0.130. The summed E-state index contributed by atoms with van der Waals surface area (Å²) in [6.45, 7) is 8.75. The van der Waals surface area contributed by atoms with Gasteiger partial charge in [-0.05, 0) is 24.6 Å². The summed E-state index contributed by atoms with van der Waals surface area (Å²) < 4.78 is 0. The Balaban J connectivity index is 0.00000364. The van der Waals surface area contributed by atoms with Crippen molar-refractivity contribution in [2.24, 2.45) is 4.99 Å². The van der Waals surface area contributed by atoms with Gasteiger partial charge in [-0.3, -0.25) is 14.7 Å². The largest absolute Gasteiger partial charge is 0.355 e. The van der Waals surface area contributed by atoms with Crippen LogP contribution in [0.15, 0.2) is 23.2 Å². The highest BCUT2D eigenvalue weighted by atomic mass is 127. The second-order valence-corrected chi connectivity index (χ2v) is 7.22. The summed E-state index contributed by atoms with van der Waals surface area (Å²) in [6.07, 6.45) is 0. The van der Waals surface area contributed by atoms with E-state index in [0.29, 0.717) is 10.0 Å². The number of halogens is 3. The second-order valence-electron chi connectivity index (χ2n) is 6.38. The topological polar surface area (TPSA) is 60.0 Å². The van der Waals surface area contributed by atoms with Crippen molar-refractivity contribution in [2.75, 3.05) is 46.3 Å². The molecule has 1 aliphatic heterocycles. The maximum absolute atomic E-state index is 11.4. The van der Waals surface area contributed by atoms with Crippen LogP contribution in [0.1, 0.15) is 25.5 Å². The van der Waals surface area contributed by atoms with Gasteiger partial charge in [-0.15, -0.1) is 24.0 Å². The van der Waals surface area contributed by atoms with E-state index in [0.717, 1.165) is 50.8 Å². The summed E-state index contributed by atoms with van der Waals surface area (Å²) in [5.74, 6) is 0.883. The molecule has 1 atom stereocenters. The molecule has 6 nitrogen and oxygen atoms in total. The number of benzene rings is 1.